The van der Waals surface area contributed by atoms with Crippen molar-refractivity contribution in [2.45, 2.75) is 9.10 Å². The van der Waals surface area contributed by atoms with Crippen molar-refractivity contribution in [1.82, 2.24) is 4.37 Å². The number of hydrogen-bond donors (Lipinski definition) is 1. The number of aromatic hydroxyl groups is 1. The third kappa shape index (κ3) is 2.12. The molecule has 0 aliphatic rings. The summed E-state index contributed by atoms with van der Waals surface area (Å²) in [4.78, 5) is 1.03. The van der Waals surface area contributed by atoms with Gasteiger partial charge in [0.15, 0.2) is 0 Å². The number of aromatic nitrogens is 1. The molecule has 0 amide bonds. The van der Waals surface area contributed by atoms with Gasteiger partial charge in [-0.15, -0.1) is 0 Å². The zero-order valence-electron chi connectivity index (χ0n) is 7.54. The second kappa shape index (κ2) is 4.34. The molecule has 3 nitrogen and oxygen atoms in total. The number of rotatable bonds is 2. The Morgan fingerprint density at radius 3 is 2.73 bits per heavy atom. The molecule has 1 N–H and O–H groups in total. The van der Waals surface area contributed by atoms with Crippen molar-refractivity contribution in [2.24, 2.45) is 0 Å². The molecule has 74 valence electrons. The molecule has 2 aromatic rings. The molecule has 0 bridgehead atoms. The van der Waals surface area contributed by atoms with E-state index in [1.54, 1.807) is 0 Å². The Bertz CT molecular complexity index is 502. The zero-order chi connectivity index (χ0) is 10.7. The van der Waals surface area contributed by atoms with Crippen molar-refractivity contribution in [3.63, 3.8) is 0 Å². The van der Waals surface area contributed by atoms with Crippen LogP contribution in [0.1, 0.15) is 5.56 Å². The van der Waals surface area contributed by atoms with E-state index in [0.29, 0.717) is 0 Å². The third-order valence-electron chi connectivity index (χ3n) is 1.71. The fraction of sp³-hybridized carbons (Fsp3) is 0. The van der Waals surface area contributed by atoms with Crippen molar-refractivity contribution in [1.29, 1.82) is 5.26 Å². The molecule has 0 fully saturated rings. The molecule has 0 atom stereocenters. The van der Waals surface area contributed by atoms with Crippen molar-refractivity contribution >= 4 is 23.3 Å². The minimum absolute atomic E-state index is 0.180. The first-order valence-corrected chi connectivity index (χ1v) is 5.72. The van der Waals surface area contributed by atoms with E-state index in [2.05, 4.69) is 4.37 Å². The third-order valence-corrected chi connectivity index (χ3v) is 3.71. The maximum Gasteiger partial charge on any atom is 0.242 e. The van der Waals surface area contributed by atoms with E-state index in [-0.39, 0.29) is 11.4 Å². The van der Waals surface area contributed by atoms with Crippen molar-refractivity contribution in [2.75, 3.05) is 0 Å². The molecule has 1 aromatic heterocycles. The number of nitriles is 1. The van der Waals surface area contributed by atoms with Crippen LogP contribution in [0.5, 0.6) is 5.88 Å². The van der Waals surface area contributed by atoms with Crippen LogP contribution < -0.4 is 0 Å². The number of benzene rings is 1. The zero-order valence-corrected chi connectivity index (χ0v) is 9.18. The first kappa shape index (κ1) is 10.0. The van der Waals surface area contributed by atoms with Crippen LogP contribution in [0, 0.1) is 11.3 Å². The van der Waals surface area contributed by atoms with Gasteiger partial charge in [0.1, 0.15) is 15.8 Å². The van der Waals surface area contributed by atoms with Gasteiger partial charge in [-0.25, -0.2) is 0 Å². The summed E-state index contributed by atoms with van der Waals surface area (Å²) in [6.45, 7) is 0. The average Bonchev–Trinajstić information content (AvgIpc) is 2.61. The van der Waals surface area contributed by atoms with Gasteiger partial charge < -0.3 is 5.11 Å². The van der Waals surface area contributed by atoms with Gasteiger partial charge in [0, 0.05) is 4.90 Å². The van der Waals surface area contributed by atoms with Crippen LogP contribution in [-0.2, 0) is 0 Å². The van der Waals surface area contributed by atoms with E-state index in [1.165, 1.54) is 11.8 Å². The van der Waals surface area contributed by atoms with Crippen molar-refractivity contribution in [3.05, 3.63) is 35.9 Å². The van der Waals surface area contributed by atoms with Crippen LogP contribution in [0.4, 0.5) is 0 Å². The fourth-order valence-electron chi connectivity index (χ4n) is 1.03. The van der Waals surface area contributed by atoms with E-state index in [0.717, 1.165) is 20.6 Å². The Hall–Kier alpha value is -1.51. The summed E-state index contributed by atoms with van der Waals surface area (Å²) < 4.78 is 4.46. The normalized spacial score (nSPS) is 9.80. The van der Waals surface area contributed by atoms with Crippen LogP contribution in [-0.4, -0.2) is 9.48 Å². The van der Waals surface area contributed by atoms with E-state index < -0.39 is 0 Å². The predicted octanol–water partition coefficient (Wildman–Crippen LogP) is 2.87. The molecule has 1 heterocycles. The van der Waals surface area contributed by atoms with Crippen LogP contribution in [0.15, 0.2) is 39.4 Å². The molecule has 5 heteroatoms. The minimum atomic E-state index is -0.180. The topological polar surface area (TPSA) is 56.9 Å². The minimum Gasteiger partial charge on any atom is -0.492 e. The highest BCUT2D eigenvalue weighted by molar-refractivity contribution is 8.01. The molecular formula is C10H6N2OS2. The summed E-state index contributed by atoms with van der Waals surface area (Å²) in [5.41, 5.74) is 0.258. The Morgan fingerprint density at radius 1 is 1.33 bits per heavy atom. The van der Waals surface area contributed by atoms with Crippen LogP contribution >= 0.6 is 23.3 Å². The van der Waals surface area contributed by atoms with Crippen LogP contribution in [0.25, 0.3) is 0 Å². The summed E-state index contributed by atoms with van der Waals surface area (Å²) in [7, 11) is 0. The lowest BCUT2D eigenvalue weighted by Crippen LogP contribution is -1.73. The fourth-order valence-corrected chi connectivity index (χ4v) is 2.81. The largest absolute Gasteiger partial charge is 0.492 e. The molecule has 1 aromatic carbocycles. The summed E-state index contributed by atoms with van der Waals surface area (Å²) in [5, 5.41) is 18.1. The lowest BCUT2D eigenvalue weighted by molar-refractivity contribution is 0.457. The van der Waals surface area contributed by atoms with Gasteiger partial charge in [0.05, 0.1) is 0 Å². The van der Waals surface area contributed by atoms with Gasteiger partial charge in [-0.2, -0.15) is 9.64 Å². The van der Waals surface area contributed by atoms with Gasteiger partial charge in [0.2, 0.25) is 5.88 Å². The van der Waals surface area contributed by atoms with Gasteiger partial charge in [-0.1, -0.05) is 30.0 Å². The highest BCUT2D eigenvalue weighted by Crippen LogP contribution is 2.36. The molecule has 0 saturated heterocycles. The molecular weight excluding hydrogens is 228 g/mol. The molecule has 0 radical (unpaired) electrons. The molecule has 2 rings (SSSR count). The van der Waals surface area contributed by atoms with E-state index in [1.807, 2.05) is 36.4 Å². The Labute approximate surface area is 95.2 Å². The predicted molar refractivity (Wildman–Crippen MR) is 59.1 cm³/mol. The lowest BCUT2D eigenvalue weighted by Gasteiger charge is -1.96. The van der Waals surface area contributed by atoms with Crippen LogP contribution in [0.2, 0.25) is 0 Å². The molecule has 0 saturated carbocycles. The average molecular weight is 234 g/mol. The molecule has 0 unspecified atom stereocenters. The van der Waals surface area contributed by atoms with E-state index >= 15 is 0 Å². The number of nitrogens with zero attached hydrogens (tertiary/aromatic N) is 2. The van der Waals surface area contributed by atoms with Gasteiger partial charge in [0.25, 0.3) is 0 Å². The molecule has 15 heavy (non-hydrogen) atoms. The Kier molecular flexibility index (Phi) is 2.90. The summed E-state index contributed by atoms with van der Waals surface area (Å²) >= 11 is 2.57. The first-order chi connectivity index (χ1) is 7.31. The van der Waals surface area contributed by atoms with E-state index in [9.17, 15) is 5.11 Å². The summed E-state index contributed by atoms with van der Waals surface area (Å²) in [6, 6.07) is 11.6. The van der Waals surface area contributed by atoms with Gasteiger partial charge >= 0.3 is 0 Å². The molecule has 0 aliphatic heterocycles. The molecule has 0 spiro atoms. The summed E-state index contributed by atoms with van der Waals surface area (Å²) in [6.07, 6.45) is 0. The Balaban J connectivity index is 2.30. The lowest BCUT2D eigenvalue weighted by atomic mass is 10.4. The van der Waals surface area contributed by atoms with E-state index in [4.69, 9.17) is 5.26 Å². The molecule has 0 aliphatic carbocycles. The standard InChI is InChI=1S/C10H6N2OS2/c11-6-8-9(13)12-15-10(8)14-7-4-2-1-3-5-7/h1-5H,(H,12,13). The first-order valence-electron chi connectivity index (χ1n) is 4.13. The van der Waals surface area contributed by atoms with Gasteiger partial charge in [-0.3, -0.25) is 0 Å². The highest BCUT2D eigenvalue weighted by atomic mass is 32.2. The smallest absolute Gasteiger partial charge is 0.242 e. The van der Waals surface area contributed by atoms with Gasteiger partial charge in [-0.05, 0) is 23.7 Å². The maximum atomic E-state index is 9.27. The highest BCUT2D eigenvalue weighted by Gasteiger charge is 2.13. The Morgan fingerprint density at radius 2 is 2.07 bits per heavy atom. The van der Waals surface area contributed by atoms with Crippen molar-refractivity contribution < 1.29 is 5.11 Å². The summed E-state index contributed by atoms with van der Waals surface area (Å²) in [5.74, 6) is -0.180. The monoisotopic (exact) mass is 234 g/mol. The van der Waals surface area contributed by atoms with Crippen LogP contribution in [0.3, 0.4) is 0 Å². The maximum absolute atomic E-state index is 9.27. The second-order valence-electron chi connectivity index (χ2n) is 2.70. The number of hydrogen-bond acceptors (Lipinski definition) is 5. The second-order valence-corrected chi connectivity index (χ2v) is 4.81. The van der Waals surface area contributed by atoms with Crippen molar-refractivity contribution in [3.8, 4) is 11.9 Å². The quantitative estimate of drug-likeness (QED) is 0.868. The SMILES string of the molecule is N#Cc1c(O)nsc1Sc1ccccc1.